The zero-order valence-corrected chi connectivity index (χ0v) is 21.7. The van der Waals surface area contributed by atoms with Crippen LogP contribution < -0.4 is 39.8 Å². The number of hydrogen-bond donors (Lipinski definition) is 1. The number of benzene rings is 2. The minimum Gasteiger partial charge on any atom is -0.744 e. The third kappa shape index (κ3) is 7.50. The quantitative estimate of drug-likeness (QED) is 0.305. The number of rotatable bonds is 12. The Kier molecular flexibility index (Phi) is 10.9. The third-order valence-electron chi connectivity index (χ3n) is 5.80. The van der Waals surface area contributed by atoms with E-state index in [1.54, 1.807) is 6.07 Å². The van der Waals surface area contributed by atoms with Gasteiger partial charge < -0.3 is 14.8 Å². The average molecular weight is 453 g/mol. The molecule has 1 unspecified atom stereocenters. The molecule has 0 radical (unpaired) electrons. The fourth-order valence-electron chi connectivity index (χ4n) is 4.20. The molecule has 0 spiro atoms. The van der Waals surface area contributed by atoms with Gasteiger partial charge in [0.2, 0.25) is 0 Å². The van der Waals surface area contributed by atoms with E-state index in [1.807, 2.05) is 24.3 Å². The summed E-state index contributed by atoms with van der Waals surface area (Å²) in [6, 6.07) is 15.1. The minimum atomic E-state index is -4.53. The van der Waals surface area contributed by atoms with Crippen LogP contribution in [0.25, 0.3) is 0 Å². The number of nitrogens with one attached hydrogen (secondary N) is 1. The minimum absolute atomic E-state index is 0. The van der Waals surface area contributed by atoms with Gasteiger partial charge in [0.15, 0.2) is 0 Å². The summed E-state index contributed by atoms with van der Waals surface area (Å²) in [5, 5.41) is 3.35. The Morgan fingerprint density at radius 1 is 0.903 bits per heavy atom. The molecule has 1 atom stereocenters. The average Bonchev–Trinajstić information content (AvgIpc) is 3.07. The molecule has 1 aliphatic heterocycles. The van der Waals surface area contributed by atoms with Crippen molar-refractivity contribution in [3.05, 3.63) is 54.1 Å². The van der Waals surface area contributed by atoms with Crippen LogP contribution in [0.3, 0.4) is 0 Å². The summed E-state index contributed by atoms with van der Waals surface area (Å²) in [6.07, 6.45) is 10.9. The molecule has 0 bridgehead atoms. The molecule has 1 aliphatic rings. The molecular weight excluding hydrogens is 419 g/mol. The fourth-order valence-corrected chi connectivity index (χ4v) is 4.86. The maximum absolute atomic E-state index is 11.8. The molecule has 3 rings (SSSR count). The van der Waals surface area contributed by atoms with Crippen LogP contribution in [0.15, 0.2) is 53.4 Å². The summed E-state index contributed by atoms with van der Waals surface area (Å²) in [7, 11) is -4.53. The summed E-state index contributed by atoms with van der Waals surface area (Å²) < 4.78 is 35.3. The molecule has 0 saturated carbocycles. The van der Waals surface area contributed by atoms with Gasteiger partial charge in [-0.1, -0.05) is 88.3 Å². The van der Waals surface area contributed by atoms with Gasteiger partial charge in [-0.3, -0.25) is 0 Å². The van der Waals surface area contributed by atoms with Crippen LogP contribution in [-0.4, -0.2) is 19.1 Å². The van der Waals surface area contributed by atoms with Crippen LogP contribution >= 0.6 is 0 Å². The van der Waals surface area contributed by atoms with Crippen molar-refractivity contribution in [1.29, 1.82) is 0 Å². The van der Waals surface area contributed by atoms with Gasteiger partial charge in [-0.25, -0.2) is 8.42 Å². The van der Waals surface area contributed by atoms with Gasteiger partial charge in [0.05, 0.1) is 22.4 Å². The first-order chi connectivity index (χ1) is 14.5. The second kappa shape index (κ2) is 12.9. The standard InChI is InChI=1S/C24H34N2O3S.Na/c1-2-3-4-5-6-7-8-12-18-23-25-24-21(16-13-17-22(24)30(27,28)29)26(23)19-20-14-10-9-11-15-20;/h9-11,13-17,23,25H,2-8,12,18-19H2,1H3,(H,27,28,29);/q;+1/p-1. The first kappa shape index (κ1) is 26.2. The number of anilines is 2. The van der Waals surface area contributed by atoms with Crippen molar-refractivity contribution < 1.29 is 42.5 Å². The van der Waals surface area contributed by atoms with Crippen molar-refractivity contribution in [2.24, 2.45) is 0 Å². The molecule has 1 N–H and O–H groups in total. The van der Waals surface area contributed by atoms with Gasteiger partial charge in [0, 0.05) is 6.54 Å². The van der Waals surface area contributed by atoms with Crippen molar-refractivity contribution in [3.8, 4) is 0 Å². The molecule has 5 nitrogen and oxygen atoms in total. The van der Waals surface area contributed by atoms with Gasteiger partial charge in [0.1, 0.15) is 10.1 Å². The van der Waals surface area contributed by atoms with Crippen LogP contribution in [0.1, 0.15) is 70.3 Å². The van der Waals surface area contributed by atoms with Crippen molar-refractivity contribution in [3.63, 3.8) is 0 Å². The summed E-state index contributed by atoms with van der Waals surface area (Å²) in [5.41, 5.74) is 2.40. The molecule has 2 aromatic rings. The van der Waals surface area contributed by atoms with E-state index in [9.17, 15) is 13.0 Å². The predicted octanol–water partition coefficient (Wildman–Crippen LogP) is 2.88. The number of fused-ring (bicyclic) bond motifs is 1. The Morgan fingerprint density at radius 3 is 2.19 bits per heavy atom. The number of hydrogen-bond acceptors (Lipinski definition) is 5. The predicted molar refractivity (Wildman–Crippen MR) is 122 cm³/mol. The van der Waals surface area contributed by atoms with Crippen molar-refractivity contribution >= 4 is 21.5 Å². The second-order valence-electron chi connectivity index (χ2n) is 8.14. The van der Waals surface area contributed by atoms with E-state index >= 15 is 0 Å². The summed E-state index contributed by atoms with van der Waals surface area (Å²) in [4.78, 5) is 2.04. The van der Waals surface area contributed by atoms with E-state index in [0.29, 0.717) is 12.2 Å². The molecular formula is C24H33N2NaO3S. The van der Waals surface area contributed by atoms with E-state index in [4.69, 9.17) is 0 Å². The van der Waals surface area contributed by atoms with Gasteiger partial charge in [-0.15, -0.1) is 0 Å². The Balaban J connectivity index is 0.00000341. The molecule has 0 aromatic heterocycles. The van der Waals surface area contributed by atoms with E-state index in [1.165, 1.54) is 51.0 Å². The van der Waals surface area contributed by atoms with Crippen LogP contribution in [-0.2, 0) is 16.7 Å². The largest absolute Gasteiger partial charge is 1.00 e. The van der Waals surface area contributed by atoms with Gasteiger partial charge in [-0.2, -0.15) is 0 Å². The van der Waals surface area contributed by atoms with E-state index < -0.39 is 10.1 Å². The number of nitrogens with zero attached hydrogens (tertiary/aromatic N) is 1. The van der Waals surface area contributed by atoms with Gasteiger partial charge >= 0.3 is 29.6 Å². The van der Waals surface area contributed by atoms with Crippen LogP contribution in [0, 0.1) is 0 Å². The Morgan fingerprint density at radius 2 is 1.55 bits per heavy atom. The van der Waals surface area contributed by atoms with E-state index in [0.717, 1.165) is 24.1 Å². The molecule has 0 aliphatic carbocycles. The molecule has 1 heterocycles. The van der Waals surface area contributed by atoms with Crippen molar-refractivity contribution in [2.45, 2.75) is 82.3 Å². The first-order valence-electron chi connectivity index (χ1n) is 11.2. The topological polar surface area (TPSA) is 72.5 Å². The number of para-hydroxylation sites is 1. The zero-order valence-electron chi connectivity index (χ0n) is 18.8. The Bertz CT molecular complexity index is 906. The zero-order chi connectivity index (χ0) is 21.4. The van der Waals surface area contributed by atoms with E-state index in [2.05, 4.69) is 29.3 Å². The molecule has 0 saturated heterocycles. The summed E-state index contributed by atoms with van der Waals surface area (Å²) in [6.45, 7) is 2.90. The van der Waals surface area contributed by atoms with Crippen LogP contribution in [0.4, 0.5) is 11.4 Å². The van der Waals surface area contributed by atoms with Crippen LogP contribution in [0.5, 0.6) is 0 Å². The van der Waals surface area contributed by atoms with E-state index in [-0.39, 0.29) is 40.6 Å². The normalized spacial score (nSPS) is 15.3. The molecule has 0 fully saturated rings. The molecule has 0 amide bonds. The SMILES string of the molecule is CCCCCCCCCCC1Nc2c(cccc2S(=O)(=O)[O-])N1Cc1ccccc1.[Na+]. The smallest absolute Gasteiger partial charge is 0.744 e. The Labute approximate surface area is 209 Å². The van der Waals surface area contributed by atoms with Gasteiger partial charge in [0.25, 0.3) is 0 Å². The number of unbranched alkanes of at least 4 members (excludes halogenated alkanes) is 7. The maximum atomic E-state index is 11.8. The maximum Gasteiger partial charge on any atom is 1.00 e. The monoisotopic (exact) mass is 452 g/mol. The van der Waals surface area contributed by atoms with Gasteiger partial charge in [-0.05, 0) is 30.5 Å². The second-order valence-corrected chi connectivity index (χ2v) is 9.49. The molecule has 31 heavy (non-hydrogen) atoms. The van der Waals surface area contributed by atoms with Crippen molar-refractivity contribution in [2.75, 3.05) is 10.2 Å². The third-order valence-corrected chi connectivity index (χ3v) is 6.68. The summed E-state index contributed by atoms with van der Waals surface area (Å²) in [5.74, 6) is 0. The van der Waals surface area contributed by atoms with Crippen LogP contribution in [0.2, 0.25) is 0 Å². The first-order valence-corrected chi connectivity index (χ1v) is 12.6. The summed E-state index contributed by atoms with van der Waals surface area (Å²) >= 11 is 0. The molecule has 7 heteroatoms. The van der Waals surface area contributed by atoms with Crippen molar-refractivity contribution in [1.82, 2.24) is 0 Å². The fraction of sp³-hybridized carbons (Fsp3) is 0.500. The molecule has 164 valence electrons. The Hall–Kier alpha value is -1.05. The molecule has 2 aromatic carbocycles.